The van der Waals surface area contributed by atoms with Crippen molar-refractivity contribution < 1.29 is 9.90 Å². The highest BCUT2D eigenvalue weighted by atomic mass is 16.4. The van der Waals surface area contributed by atoms with Gasteiger partial charge in [0.05, 0.1) is 5.56 Å². The van der Waals surface area contributed by atoms with E-state index in [-0.39, 0.29) is 0 Å². The topological polar surface area (TPSA) is 86.0 Å². The Morgan fingerprint density at radius 2 is 2.53 bits per heavy atom. The maximum Gasteiger partial charge on any atom is 0.326 e. The van der Waals surface area contributed by atoms with E-state index in [4.69, 9.17) is 10.4 Å². The van der Waals surface area contributed by atoms with E-state index in [0.717, 1.165) is 0 Å². The Morgan fingerprint density at radius 1 is 1.80 bits per heavy atom. The van der Waals surface area contributed by atoms with Gasteiger partial charge in [-0.15, -0.1) is 0 Å². The smallest absolute Gasteiger partial charge is 0.326 e. The number of aliphatic carboxylic acids is 1. The van der Waals surface area contributed by atoms with E-state index in [9.17, 15) is 4.79 Å². The van der Waals surface area contributed by atoms with Gasteiger partial charge < -0.3 is 10.4 Å². The summed E-state index contributed by atoms with van der Waals surface area (Å²) in [7, 11) is 0. The van der Waals surface area contributed by atoms with Gasteiger partial charge in [0.2, 0.25) is 0 Å². The van der Waals surface area contributed by atoms with E-state index < -0.39 is 12.0 Å². The number of carboxylic acids is 1. The number of aromatic nitrogens is 1. The molecule has 1 heterocycles. The zero-order valence-electron chi connectivity index (χ0n) is 8.27. The molecule has 0 bridgehead atoms. The van der Waals surface area contributed by atoms with E-state index in [1.165, 1.54) is 6.20 Å². The van der Waals surface area contributed by atoms with Crippen molar-refractivity contribution in [3.63, 3.8) is 0 Å². The third-order valence-electron chi connectivity index (χ3n) is 1.95. The van der Waals surface area contributed by atoms with Gasteiger partial charge in [0.15, 0.2) is 0 Å². The maximum atomic E-state index is 10.8. The highest BCUT2D eigenvalue weighted by Crippen LogP contribution is 2.12. The van der Waals surface area contributed by atoms with Crippen LogP contribution in [0.3, 0.4) is 0 Å². The fourth-order valence-corrected chi connectivity index (χ4v) is 1.11. The third kappa shape index (κ3) is 2.68. The number of carbonyl (C=O) groups is 1. The van der Waals surface area contributed by atoms with Gasteiger partial charge >= 0.3 is 5.97 Å². The Kier molecular flexibility index (Phi) is 3.63. The van der Waals surface area contributed by atoms with E-state index in [2.05, 4.69) is 10.3 Å². The molecule has 2 N–H and O–H groups in total. The first-order valence-electron chi connectivity index (χ1n) is 4.53. The molecule has 5 nitrogen and oxygen atoms in total. The monoisotopic (exact) mass is 205 g/mol. The number of nitriles is 1. The number of nitrogens with one attached hydrogen (secondary N) is 1. The van der Waals surface area contributed by atoms with Gasteiger partial charge in [0.25, 0.3) is 0 Å². The van der Waals surface area contributed by atoms with Gasteiger partial charge in [-0.3, -0.25) is 0 Å². The Balaban J connectivity index is 2.89. The van der Waals surface area contributed by atoms with Crippen molar-refractivity contribution in [1.29, 1.82) is 5.26 Å². The number of hydrogen-bond acceptors (Lipinski definition) is 4. The van der Waals surface area contributed by atoms with E-state index >= 15 is 0 Å². The summed E-state index contributed by atoms with van der Waals surface area (Å²) in [5.74, 6) is -0.638. The van der Waals surface area contributed by atoms with Crippen LogP contribution < -0.4 is 5.32 Å². The van der Waals surface area contributed by atoms with Gasteiger partial charge in [-0.1, -0.05) is 6.92 Å². The fraction of sp³-hybridized carbons (Fsp3) is 0.300. The number of hydrogen-bond donors (Lipinski definition) is 2. The van der Waals surface area contributed by atoms with Gasteiger partial charge in [-0.25, -0.2) is 9.78 Å². The maximum absolute atomic E-state index is 10.8. The van der Waals surface area contributed by atoms with E-state index in [1.807, 2.05) is 6.07 Å². The van der Waals surface area contributed by atoms with Crippen LogP contribution in [0, 0.1) is 11.3 Å². The quantitative estimate of drug-likeness (QED) is 0.772. The summed E-state index contributed by atoms with van der Waals surface area (Å²) >= 11 is 0. The molecule has 0 fully saturated rings. The van der Waals surface area contributed by atoms with Crippen molar-refractivity contribution in [2.75, 3.05) is 5.32 Å². The second-order valence-corrected chi connectivity index (χ2v) is 2.95. The van der Waals surface area contributed by atoms with Gasteiger partial charge in [0, 0.05) is 6.20 Å². The molecule has 1 aromatic rings. The molecule has 1 rings (SSSR count). The minimum atomic E-state index is -0.952. The van der Waals surface area contributed by atoms with Crippen molar-refractivity contribution in [3.05, 3.63) is 23.9 Å². The van der Waals surface area contributed by atoms with Crippen molar-refractivity contribution in [3.8, 4) is 6.07 Å². The van der Waals surface area contributed by atoms with Gasteiger partial charge in [-0.2, -0.15) is 5.26 Å². The first-order valence-corrected chi connectivity index (χ1v) is 4.53. The normalized spacial score (nSPS) is 11.5. The molecule has 0 radical (unpaired) electrons. The second kappa shape index (κ2) is 4.96. The van der Waals surface area contributed by atoms with Crippen LogP contribution in [0.15, 0.2) is 18.3 Å². The van der Waals surface area contributed by atoms with Gasteiger partial charge in [0.1, 0.15) is 17.9 Å². The van der Waals surface area contributed by atoms with Crippen molar-refractivity contribution in [1.82, 2.24) is 4.98 Å². The van der Waals surface area contributed by atoms with Crippen molar-refractivity contribution >= 4 is 11.8 Å². The van der Waals surface area contributed by atoms with Crippen LogP contribution in [0.25, 0.3) is 0 Å². The van der Waals surface area contributed by atoms with Crippen LogP contribution >= 0.6 is 0 Å². The molecule has 0 saturated heterocycles. The average molecular weight is 205 g/mol. The molecule has 0 spiro atoms. The summed E-state index contributed by atoms with van der Waals surface area (Å²) in [6.07, 6.45) is 1.94. The molecule has 78 valence electrons. The molecular formula is C10H11N3O2. The summed E-state index contributed by atoms with van der Waals surface area (Å²) in [6.45, 7) is 1.75. The zero-order chi connectivity index (χ0) is 11.3. The summed E-state index contributed by atoms with van der Waals surface area (Å²) in [6, 6.07) is 4.45. The first kappa shape index (κ1) is 11.0. The number of carboxylic acid groups (broad SMARTS) is 1. The lowest BCUT2D eigenvalue weighted by molar-refractivity contribution is -0.137. The number of pyridine rings is 1. The second-order valence-electron chi connectivity index (χ2n) is 2.95. The molecule has 0 amide bonds. The fourth-order valence-electron chi connectivity index (χ4n) is 1.11. The molecule has 0 saturated carbocycles. The average Bonchev–Trinajstić information content (AvgIpc) is 2.25. The molecule has 0 aliphatic carbocycles. The van der Waals surface area contributed by atoms with Crippen LogP contribution in [-0.4, -0.2) is 22.1 Å². The van der Waals surface area contributed by atoms with Crippen molar-refractivity contribution in [2.45, 2.75) is 19.4 Å². The molecule has 1 aromatic heterocycles. The molecule has 0 aliphatic heterocycles. The summed E-state index contributed by atoms with van der Waals surface area (Å²) in [5, 5.41) is 20.3. The summed E-state index contributed by atoms with van der Waals surface area (Å²) in [5.41, 5.74) is 0.345. The lowest BCUT2D eigenvalue weighted by Crippen LogP contribution is -2.29. The Morgan fingerprint density at radius 3 is 3.07 bits per heavy atom. The first-order chi connectivity index (χ1) is 7.19. The van der Waals surface area contributed by atoms with E-state index in [0.29, 0.717) is 17.8 Å². The minimum Gasteiger partial charge on any atom is -0.480 e. The standard InChI is InChI=1S/C10H11N3O2/c1-2-8(10(14)15)13-9-7(6-11)4-3-5-12-9/h3-5,8H,2H2,1H3,(H,12,13)(H,14,15). The number of anilines is 1. The molecule has 1 atom stereocenters. The highest BCUT2D eigenvalue weighted by Gasteiger charge is 2.16. The highest BCUT2D eigenvalue weighted by molar-refractivity contribution is 5.77. The Bertz CT molecular complexity index is 398. The van der Waals surface area contributed by atoms with Crippen LogP contribution in [0.5, 0.6) is 0 Å². The molecule has 0 aliphatic rings. The Hall–Kier alpha value is -2.09. The lowest BCUT2D eigenvalue weighted by Gasteiger charge is -2.13. The molecule has 15 heavy (non-hydrogen) atoms. The minimum absolute atomic E-state index is 0.314. The lowest BCUT2D eigenvalue weighted by atomic mass is 10.2. The molecular weight excluding hydrogens is 194 g/mol. The molecule has 5 heteroatoms. The Labute approximate surface area is 87.4 Å². The van der Waals surface area contributed by atoms with Crippen LogP contribution in [-0.2, 0) is 4.79 Å². The predicted octanol–water partition coefficient (Wildman–Crippen LogP) is 1.23. The van der Waals surface area contributed by atoms with E-state index in [1.54, 1.807) is 19.1 Å². The third-order valence-corrected chi connectivity index (χ3v) is 1.95. The summed E-state index contributed by atoms with van der Waals surface area (Å²) in [4.78, 5) is 14.7. The number of nitrogens with zero attached hydrogens (tertiary/aromatic N) is 2. The van der Waals surface area contributed by atoms with Crippen LogP contribution in [0.2, 0.25) is 0 Å². The molecule has 1 unspecified atom stereocenters. The largest absolute Gasteiger partial charge is 0.480 e. The number of rotatable bonds is 4. The summed E-state index contributed by atoms with van der Waals surface area (Å²) < 4.78 is 0. The van der Waals surface area contributed by atoms with Crippen molar-refractivity contribution in [2.24, 2.45) is 0 Å². The van der Waals surface area contributed by atoms with Crippen LogP contribution in [0.1, 0.15) is 18.9 Å². The molecule has 0 aromatic carbocycles. The SMILES string of the molecule is CCC(Nc1ncccc1C#N)C(=O)O. The van der Waals surface area contributed by atoms with Gasteiger partial charge in [-0.05, 0) is 18.6 Å². The van der Waals surface area contributed by atoms with Crippen LogP contribution in [0.4, 0.5) is 5.82 Å². The predicted molar refractivity (Wildman–Crippen MR) is 54.3 cm³/mol. The zero-order valence-corrected chi connectivity index (χ0v) is 8.27.